The van der Waals surface area contributed by atoms with E-state index in [9.17, 15) is 4.79 Å². The molecular formula is C20H22N2O. The molecule has 0 unspecified atom stereocenters. The molecule has 4 rings (SSSR count). The molecule has 3 nitrogen and oxygen atoms in total. The molecule has 1 amide bonds. The third-order valence-corrected chi connectivity index (χ3v) is 5.23. The highest BCUT2D eigenvalue weighted by molar-refractivity contribution is 5.99. The van der Waals surface area contributed by atoms with E-state index in [1.807, 2.05) is 6.07 Å². The van der Waals surface area contributed by atoms with Crippen LogP contribution < -0.4 is 5.32 Å². The summed E-state index contributed by atoms with van der Waals surface area (Å²) in [7, 11) is 2.20. The predicted molar refractivity (Wildman–Crippen MR) is 92.5 cm³/mol. The second kappa shape index (κ2) is 5.82. The number of fused-ring (bicyclic) bond motifs is 1. The van der Waals surface area contributed by atoms with Crippen LogP contribution in [0.2, 0.25) is 0 Å². The topological polar surface area (TPSA) is 32.3 Å². The van der Waals surface area contributed by atoms with Crippen molar-refractivity contribution in [2.45, 2.75) is 25.3 Å². The molecule has 1 saturated heterocycles. The van der Waals surface area contributed by atoms with Crippen molar-refractivity contribution < 1.29 is 4.79 Å². The zero-order chi connectivity index (χ0) is 15.8. The van der Waals surface area contributed by atoms with Crippen molar-refractivity contribution in [1.29, 1.82) is 0 Å². The van der Waals surface area contributed by atoms with E-state index in [-0.39, 0.29) is 5.91 Å². The van der Waals surface area contributed by atoms with Crippen LogP contribution in [0, 0.1) is 0 Å². The minimum atomic E-state index is 0.0461. The van der Waals surface area contributed by atoms with E-state index in [1.165, 1.54) is 37.1 Å². The van der Waals surface area contributed by atoms with E-state index in [1.54, 1.807) is 0 Å². The molecule has 0 aromatic heterocycles. The molecule has 0 bridgehead atoms. The highest BCUT2D eigenvalue weighted by atomic mass is 16.1. The number of amides is 1. The van der Waals surface area contributed by atoms with E-state index in [0.29, 0.717) is 12.5 Å². The van der Waals surface area contributed by atoms with Crippen LogP contribution in [0.4, 0.5) is 0 Å². The van der Waals surface area contributed by atoms with Gasteiger partial charge in [0, 0.05) is 12.1 Å². The van der Waals surface area contributed by atoms with Crippen LogP contribution in [0.15, 0.2) is 42.5 Å². The zero-order valence-corrected chi connectivity index (χ0v) is 13.5. The van der Waals surface area contributed by atoms with Crippen LogP contribution in [0.25, 0.3) is 11.1 Å². The molecule has 2 heterocycles. The maximum absolute atomic E-state index is 11.8. The van der Waals surface area contributed by atoms with Crippen molar-refractivity contribution >= 4 is 5.91 Å². The van der Waals surface area contributed by atoms with Crippen LogP contribution in [-0.2, 0) is 6.54 Å². The first-order valence-electron chi connectivity index (χ1n) is 8.41. The fraction of sp³-hybridized carbons (Fsp3) is 0.350. The molecule has 2 aliphatic rings. The summed E-state index contributed by atoms with van der Waals surface area (Å²) in [6.45, 7) is 3.03. The maximum atomic E-state index is 11.8. The van der Waals surface area contributed by atoms with Crippen LogP contribution in [-0.4, -0.2) is 30.9 Å². The van der Waals surface area contributed by atoms with Gasteiger partial charge in [-0.2, -0.15) is 0 Å². The van der Waals surface area contributed by atoms with E-state index < -0.39 is 0 Å². The lowest BCUT2D eigenvalue weighted by molar-refractivity contribution is 0.0966. The molecule has 118 valence electrons. The Balaban J connectivity index is 1.57. The standard InChI is InChI=1S/C20H22N2O/c1-22-10-8-16(9-11-22)14-2-4-15(5-3-14)17-6-7-18-13-21-20(23)19(18)12-17/h2-7,12,16H,8-11,13H2,1H3,(H,21,23). The molecule has 0 atom stereocenters. The van der Waals surface area contributed by atoms with Gasteiger partial charge in [0.15, 0.2) is 0 Å². The van der Waals surface area contributed by atoms with Gasteiger partial charge in [0.1, 0.15) is 0 Å². The highest BCUT2D eigenvalue weighted by Crippen LogP contribution is 2.30. The van der Waals surface area contributed by atoms with Crippen molar-refractivity contribution in [2.75, 3.05) is 20.1 Å². The minimum absolute atomic E-state index is 0.0461. The number of nitrogens with zero attached hydrogens (tertiary/aromatic N) is 1. The minimum Gasteiger partial charge on any atom is -0.348 e. The van der Waals surface area contributed by atoms with Crippen LogP contribution in [0.3, 0.4) is 0 Å². The summed E-state index contributed by atoms with van der Waals surface area (Å²) in [6, 6.07) is 15.1. The van der Waals surface area contributed by atoms with Gasteiger partial charge in [0.25, 0.3) is 5.91 Å². The highest BCUT2D eigenvalue weighted by Gasteiger charge is 2.20. The summed E-state index contributed by atoms with van der Waals surface area (Å²) in [5.41, 5.74) is 5.67. The number of likely N-dealkylation sites (tertiary alicyclic amines) is 1. The lowest BCUT2D eigenvalue weighted by Gasteiger charge is -2.29. The molecule has 2 aromatic rings. The van der Waals surface area contributed by atoms with E-state index in [4.69, 9.17) is 0 Å². The first-order chi connectivity index (χ1) is 11.2. The Morgan fingerprint density at radius 3 is 2.43 bits per heavy atom. The smallest absolute Gasteiger partial charge is 0.251 e. The summed E-state index contributed by atoms with van der Waals surface area (Å²) in [5.74, 6) is 0.732. The van der Waals surface area contributed by atoms with E-state index >= 15 is 0 Å². The predicted octanol–water partition coefficient (Wildman–Crippen LogP) is 3.41. The van der Waals surface area contributed by atoms with Gasteiger partial charge in [0.2, 0.25) is 0 Å². The summed E-state index contributed by atoms with van der Waals surface area (Å²) in [4.78, 5) is 14.2. The Hall–Kier alpha value is -2.13. The summed E-state index contributed by atoms with van der Waals surface area (Å²) < 4.78 is 0. The molecule has 2 aromatic carbocycles. The van der Waals surface area contributed by atoms with Gasteiger partial charge < -0.3 is 10.2 Å². The Kier molecular flexibility index (Phi) is 3.66. The molecule has 3 heteroatoms. The number of hydrogen-bond donors (Lipinski definition) is 1. The summed E-state index contributed by atoms with van der Waals surface area (Å²) in [6.07, 6.45) is 2.49. The van der Waals surface area contributed by atoms with Crippen molar-refractivity contribution in [2.24, 2.45) is 0 Å². The third-order valence-electron chi connectivity index (χ3n) is 5.23. The molecule has 0 spiro atoms. The van der Waals surface area contributed by atoms with Crippen LogP contribution in [0.5, 0.6) is 0 Å². The average molecular weight is 306 g/mol. The summed E-state index contributed by atoms with van der Waals surface area (Å²) in [5, 5.41) is 2.88. The van der Waals surface area contributed by atoms with Gasteiger partial charge >= 0.3 is 0 Å². The number of carbonyl (C=O) groups is 1. The normalized spacial score (nSPS) is 18.7. The number of carbonyl (C=O) groups excluding carboxylic acids is 1. The van der Waals surface area contributed by atoms with Gasteiger partial charge in [0.05, 0.1) is 0 Å². The van der Waals surface area contributed by atoms with Gasteiger partial charge in [-0.3, -0.25) is 4.79 Å². The fourth-order valence-electron chi connectivity index (χ4n) is 3.68. The molecule has 2 aliphatic heterocycles. The number of hydrogen-bond acceptors (Lipinski definition) is 2. The Bertz CT molecular complexity index is 728. The molecule has 0 saturated carbocycles. The average Bonchev–Trinajstić information content (AvgIpc) is 2.96. The molecule has 23 heavy (non-hydrogen) atoms. The van der Waals surface area contributed by atoms with Crippen molar-refractivity contribution in [3.8, 4) is 11.1 Å². The van der Waals surface area contributed by atoms with E-state index in [0.717, 1.165) is 16.7 Å². The first kappa shape index (κ1) is 14.5. The lowest BCUT2D eigenvalue weighted by Crippen LogP contribution is -2.29. The second-order valence-corrected chi connectivity index (χ2v) is 6.75. The maximum Gasteiger partial charge on any atom is 0.251 e. The Morgan fingerprint density at radius 2 is 1.70 bits per heavy atom. The van der Waals surface area contributed by atoms with Gasteiger partial charge in [-0.1, -0.05) is 36.4 Å². The van der Waals surface area contributed by atoms with Crippen LogP contribution >= 0.6 is 0 Å². The monoisotopic (exact) mass is 306 g/mol. The number of piperidine rings is 1. The number of benzene rings is 2. The summed E-state index contributed by atoms with van der Waals surface area (Å²) >= 11 is 0. The Labute approximate surface area is 137 Å². The SMILES string of the molecule is CN1CCC(c2ccc(-c3ccc4c(c3)C(=O)NC4)cc2)CC1. The van der Waals surface area contributed by atoms with Gasteiger partial charge in [-0.05, 0) is 67.2 Å². The van der Waals surface area contributed by atoms with Gasteiger partial charge in [-0.25, -0.2) is 0 Å². The lowest BCUT2D eigenvalue weighted by atomic mass is 9.88. The van der Waals surface area contributed by atoms with E-state index in [2.05, 4.69) is 53.7 Å². The molecular weight excluding hydrogens is 284 g/mol. The molecule has 0 radical (unpaired) electrons. The quantitative estimate of drug-likeness (QED) is 0.922. The van der Waals surface area contributed by atoms with Crippen LogP contribution in [0.1, 0.15) is 40.2 Å². The van der Waals surface area contributed by atoms with Crippen molar-refractivity contribution in [1.82, 2.24) is 10.2 Å². The first-order valence-corrected chi connectivity index (χ1v) is 8.41. The second-order valence-electron chi connectivity index (χ2n) is 6.75. The number of nitrogens with one attached hydrogen (secondary N) is 1. The van der Waals surface area contributed by atoms with Crippen molar-refractivity contribution in [3.05, 3.63) is 59.2 Å². The largest absolute Gasteiger partial charge is 0.348 e. The van der Waals surface area contributed by atoms with Crippen molar-refractivity contribution in [3.63, 3.8) is 0 Å². The third kappa shape index (κ3) is 2.77. The molecule has 0 aliphatic carbocycles. The Morgan fingerprint density at radius 1 is 1.00 bits per heavy atom. The molecule has 1 N–H and O–H groups in total. The molecule has 1 fully saturated rings. The fourth-order valence-corrected chi connectivity index (χ4v) is 3.68. The zero-order valence-electron chi connectivity index (χ0n) is 13.5. The van der Waals surface area contributed by atoms with Gasteiger partial charge in [-0.15, -0.1) is 0 Å². The number of rotatable bonds is 2.